The van der Waals surface area contributed by atoms with Crippen LogP contribution in [-0.4, -0.2) is 26.9 Å². The molecule has 0 radical (unpaired) electrons. The summed E-state index contributed by atoms with van der Waals surface area (Å²) in [7, 11) is 1.61. The fourth-order valence-corrected chi connectivity index (χ4v) is 3.55. The van der Waals surface area contributed by atoms with Crippen molar-refractivity contribution in [1.82, 2.24) is 14.5 Å². The largest absolute Gasteiger partial charge is 0.328 e. The molecule has 0 spiro atoms. The lowest BCUT2D eigenvalue weighted by Crippen LogP contribution is -2.39. The molecule has 1 heterocycles. The molecule has 152 valence electrons. The Labute approximate surface area is 173 Å². The normalized spacial score (nSPS) is 12.4. The molecule has 7 heteroatoms. The van der Waals surface area contributed by atoms with Crippen molar-refractivity contribution >= 4 is 28.4 Å². The smallest absolute Gasteiger partial charge is 0.261 e. The van der Waals surface area contributed by atoms with Gasteiger partial charge in [0.15, 0.2) is 0 Å². The van der Waals surface area contributed by atoms with Gasteiger partial charge in [-0.1, -0.05) is 37.6 Å². The van der Waals surface area contributed by atoms with Crippen LogP contribution in [0, 0.1) is 11.7 Å². The highest BCUT2D eigenvalue weighted by Gasteiger charge is 2.28. The van der Waals surface area contributed by atoms with Crippen LogP contribution in [0.1, 0.15) is 43.0 Å². The van der Waals surface area contributed by atoms with Gasteiger partial charge in [-0.2, -0.15) is 0 Å². The Balaban J connectivity index is 2.11. The van der Waals surface area contributed by atoms with E-state index in [2.05, 4.69) is 4.98 Å². The van der Waals surface area contributed by atoms with E-state index in [1.54, 1.807) is 49.2 Å². The maximum Gasteiger partial charge on any atom is 0.261 e. The van der Waals surface area contributed by atoms with Crippen LogP contribution in [0.4, 0.5) is 4.39 Å². The van der Waals surface area contributed by atoms with Crippen LogP contribution in [0.2, 0.25) is 5.02 Å². The molecule has 29 heavy (non-hydrogen) atoms. The lowest BCUT2D eigenvalue weighted by molar-refractivity contribution is 0.0649. The first-order valence-corrected chi connectivity index (χ1v) is 9.80. The predicted molar refractivity (Wildman–Crippen MR) is 113 cm³/mol. The number of benzene rings is 2. The van der Waals surface area contributed by atoms with Crippen molar-refractivity contribution in [2.75, 3.05) is 6.54 Å². The van der Waals surface area contributed by atoms with E-state index in [1.807, 2.05) is 13.8 Å². The Morgan fingerprint density at radius 1 is 1.21 bits per heavy atom. The second-order valence-electron chi connectivity index (χ2n) is 7.50. The topological polar surface area (TPSA) is 55.2 Å². The summed E-state index contributed by atoms with van der Waals surface area (Å²) in [6.45, 7) is 6.14. The van der Waals surface area contributed by atoms with Gasteiger partial charge in [0.2, 0.25) is 0 Å². The van der Waals surface area contributed by atoms with Crippen molar-refractivity contribution in [3.8, 4) is 0 Å². The molecule has 0 aliphatic rings. The third kappa shape index (κ3) is 4.17. The summed E-state index contributed by atoms with van der Waals surface area (Å²) in [4.78, 5) is 32.2. The number of amides is 1. The predicted octanol–water partition coefficient (Wildman–Crippen LogP) is 4.59. The fourth-order valence-electron chi connectivity index (χ4n) is 3.37. The molecule has 1 amide bonds. The maximum absolute atomic E-state index is 14.3. The van der Waals surface area contributed by atoms with Crippen LogP contribution in [0.25, 0.3) is 10.9 Å². The molecule has 0 saturated heterocycles. The van der Waals surface area contributed by atoms with E-state index in [9.17, 15) is 14.0 Å². The van der Waals surface area contributed by atoms with Gasteiger partial charge < -0.3 is 4.90 Å². The molecule has 1 unspecified atom stereocenters. The van der Waals surface area contributed by atoms with Crippen molar-refractivity contribution in [2.24, 2.45) is 13.0 Å². The molecule has 2 aromatic carbocycles. The lowest BCUT2D eigenvalue weighted by Gasteiger charge is -2.31. The third-order valence-corrected chi connectivity index (χ3v) is 5.08. The Hall–Kier alpha value is -2.73. The van der Waals surface area contributed by atoms with Crippen molar-refractivity contribution in [3.05, 3.63) is 75.0 Å². The summed E-state index contributed by atoms with van der Waals surface area (Å²) in [5.41, 5.74) is 0.252. The highest BCUT2D eigenvalue weighted by Crippen LogP contribution is 2.24. The summed E-state index contributed by atoms with van der Waals surface area (Å²) < 4.78 is 15.7. The highest BCUT2D eigenvalue weighted by molar-refractivity contribution is 6.31. The number of rotatable bonds is 5. The quantitative estimate of drug-likeness (QED) is 0.612. The Morgan fingerprint density at radius 3 is 2.55 bits per heavy atom. The Bertz CT molecular complexity index is 1130. The number of halogens is 2. The monoisotopic (exact) mass is 415 g/mol. The van der Waals surface area contributed by atoms with Crippen molar-refractivity contribution in [2.45, 2.75) is 26.8 Å². The first-order chi connectivity index (χ1) is 13.7. The van der Waals surface area contributed by atoms with Gasteiger partial charge in [0.25, 0.3) is 11.5 Å². The average Bonchev–Trinajstić information content (AvgIpc) is 2.68. The van der Waals surface area contributed by atoms with Gasteiger partial charge in [-0.3, -0.25) is 14.2 Å². The van der Waals surface area contributed by atoms with E-state index in [1.165, 1.54) is 16.7 Å². The zero-order chi connectivity index (χ0) is 21.3. The molecule has 0 fully saturated rings. The molecule has 0 N–H and O–H groups in total. The van der Waals surface area contributed by atoms with Crippen LogP contribution >= 0.6 is 11.6 Å². The van der Waals surface area contributed by atoms with Gasteiger partial charge in [0.1, 0.15) is 11.6 Å². The minimum atomic E-state index is -0.576. The molecule has 3 rings (SSSR count). The van der Waals surface area contributed by atoms with Crippen LogP contribution in [0.5, 0.6) is 0 Å². The summed E-state index contributed by atoms with van der Waals surface area (Å²) in [5, 5.41) is 0.861. The van der Waals surface area contributed by atoms with E-state index in [0.717, 1.165) is 0 Å². The maximum atomic E-state index is 14.3. The van der Waals surface area contributed by atoms with E-state index in [0.29, 0.717) is 28.3 Å². The average molecular weight is 416 g/mol. The van der Waals surface area contributed by atoms with Gasteiger partial charge in [0.05, 0.1) is 22.5 Å². The number of carbonyl (C=O) groups is 1. The summed E-state index contributed by atoms with van der Waals surface area (Å²) in [5.74, 6) is -0.442. The van der Waals surface area contributed by atoms with Crippen molar-refractivity contribution in [3.63, 3.8) is 0 Å². The first-order valence-electron chi connectivity index (χ1n) is 9.42. The number of nitrogens with zero attached hydrogens (tertiary/aromatic N) is 3. The summed E-state index contributed by atoms with van der Waals surface area (Å²) >= 11 is 6.01. The number of carbonyl (C=O) groups excluding carboxylic acids is 1. The molecule has 1 aromatic heterocycles. The standard InChI is InChI=1S/C22H23ClFN3O2/c1-13(2)12-27(22(29)16-7-5-6-8-18(16)24)14(3)20-25-19-10-9-15(23)11-17(19)21(28)26(20)4/h5-11,13-14H,12H2,1-4H3. The number of hydrogen-bond donors (Lipinski definition) is 0. The molecule has 0 aliphatic heterocycles. The second-order valence-corrected chi connectivity index (χ2v) is 7.94. The van der Waals surface area contributed by atoms with Crippen LogP contribution in [0.15, 0.2) is 47.3 Å². The van der Waals surface area contributed by atoms with Gasteiger partial charge >= 0.3 is 0 Å². The molecule has 1 atom stereocenters. The molecule has 0 bridgehead atoms. The Morgan fingerprint density at radius 2 is 1.90 bits per heavy atom. The van der Waals surface area contributed by atoms with Crippen LogP contribution < -0.4 is 5.56 Å². The first kappa shape index (κ1) is 21.0. The molecule has 3 aromatic rings. The lowest BCUT2D eigenvalue weighted by atomic mass is 10.1. The van der Waals surface area contributed by atoms with Gasteiger partial charge in [0, 0.05) is 18.6 Å². The van der Waals surface area contributed by atoms with E-state index in [-0.39, 0.29) is 17.0 Å². The van der Waals surface area contributed by atoms with Crippen molar-refractivity contribution < 1.29 is 9.18 Å². The molecule has 0 saturated carbocycles. The van der Waals surface area contributed by atoms with Crippen molar-refractivity contribution in [1.29, 1.82) is 0 Å². The van der Waals surface area contributed by atoms with Crippen LogP contribution in [-0.2, 0) is 7.05 Å². The van der Waals surface area contributed by atoms with Gasteiger partial charge in [-0.05, 0) is 43.2 Å². The molecular formula is C22H23ClFN3O2. The van der Waals surface area contributed by atoms with E-state index in [4.69, 9.17) is 11.6 Å². The van der Waals surface area contributed by atoms with Gasteiger partial charge in [-0.25, -0.2) is 9.37 Å². The molecule has 5 nitrogen and oxygen atoms in total. The SMILES string of the molecule is CC(C)CN(C(=O)c1ccccc1F)C(C)c1nc2ccc(Cl)cc2c(=O)n1C. The summed E-state index contributed by atoms with van der Waals surface area (Å²) in [6, 6.07) is 10.3. The second kappa shape index (κ2) is 8.33. The molecular weight excluding hydrogens is 393 g/mol. The van der Waals surface area contributed by atoms with E-state index < -0.39 is 17.8 Å². The highest BCUT2D eigenvalue weighted by atomic mass is 35.5. The fraction of sp³-hybridized carbons (Fsp3) is 0.318. The van der Waals surface area contributed by atoms with Gasteiger partial charge in [-0.15, -0.1) is 0 Å². The van der Waals surface area contributed by atoms with E-state index >= 15 is 0 Å². The summed E-state index contributed by atoms with van der Waals surface area (Å²) in [6.07, 6.45) is 0. The number of fused-ring (bicyclic) bond motifs is 1. The Kier molecular flexibility index (Phi) is 6.03. The zero-order valence-corrected chi connectivity index (χ0v) is 17.6. The van der Waals surface area contributed by atoms with Crippen LogP contribution in [0.3, 0.4) is 0 Å². The zero-order valence-electron chi connectivity index (χ0n) is 16.8. The number of aromatic nitrogens is 2. The minimum absolute atomic E-state index is 0.00225. The molecule has 0 aliphatic carbocycles. The third-order valence-electron chi connectivity index (χ3n) is 4.84. The minimum Gasteiger partial charge on any atom is -0.328 e. The number of hydrogen-bond acceptors (Lipinski definition) is 3.